The van der Waals surface area contributed by atoms with Gasteiger partial charge >= 0.3 is 0 Å². The Morgan fingerprint density at radius 3 is 2.65 bits per heavy atom. The maximum atomic E-state index is 4.56. The van der Waals surface area contributed by atoms with Crippen LogP contribution in [0.3, 0.4) is 0 Å². The van der Waals surface area contributed by atoms with Crippen molar-refractivity contribution >= 4 is 5.65 Å². The zero-order chi connectivity index (χ0) is 14.1. The van der Waals surface area contributed by atoms with Crippen molar-refractivity contribution < 1.29 is 0 Å². The number of rotatable bonds is 3. The van der Waals surface area contributed by atoms with E-state index >= 15 is 0 Å². The predicted molar refractivity (Wildman–Crippen MR) is 78.8 cm³/mol. The first-order valence-electron chi connectivity index (χ1n) is 7.55. The summed E-state index contributed by atoms with van der Waals surface area (Å²) in [4.78, 5) is 2.56. The Balaban J connectivity index is 1.75. The molecule has 0 unspecified atom stereocenters. The van der Waals surface area contributed by atoms with Crippen molar-refractivity contribution in [2.75, 3.05) is 19.6 Å². The minimum absolute atomic E-state index is 0.489. The summed E-state index contributed by atoms with van der Waals surface area (Å²) >= 11 is 0. The van der Waals surface area contributed by atoms with Gasteiger partial charge in [-0.15, -0.1) is 10.2 Å². The first-order valence-corrected chi connectivity index (χ1v) is 7.55. The van der Waals surface area contributed by atoms with Gasteiger partial charge < -0.3 is 4.90 Å². The minimum atomic E-state index is 0.489. The topological polar surface area (TPSA) is 46.3 Å². The van der Waals surface area contributed by atoms with Crippen LogP contribution in [-0.4, -0.2) is 44.3 Å². The fourth-order valence-corrected chi connectivity index (χ4v) is 3.04. The maximum absolute atomic E-state index is 4.56. The lowest BCUT2D eigenvalue weighted by molar-refractivity contribution is 0.189. The zero-order valence-corrected chi connectivity index (χ0v) is 12.6. The summed E-state index contributed by atoms with van der Waals surface area (Å²) in [6, 6.07) is 3.98. The highest BCUT2D eigenvalue weighted by molar-refractivity contribution is 5.36. The molecular formula is C15H23N5. The molecule has 3 heterocycles. The molecule has 2 aromatic heterocycles. The first kappa shape index (κ1) is 13.5. The standard InChI is InChI=1S/C15H23N5/c1-11(2)10-19-8-6-13(7-9-19)15-17-16-14-5-4-12(3)18-20(14)15/h4-5,11,13H,6-10H2,1-3H3. The van der Waals surface area contributed by atoms with E-state index in [9.17, 15) is 0 Å². The third kappa shape index (κ3) is 2.68. The van der Waals surface area contributed by atoms with Crippen molar-refractivity contribution in [3.8, 4) is 0 Å². The highest BCUT2D eigenvalue weighted by atomic mass is 15.4. The molecule has 5 heteroatoms. The van der Waals surface area contributed by atoms with E-state index in [4.69, 9.17) is 0 Å². The van der Waals surface area contributed by atoms with Crippen LogP contribution < -0.4 is 0 Å². The Morgan fingerprint density at radius 2 is 1.95 bits per heavy atom. The van der Waals surface area contributed by atoms with Crippen LogP contribution >= 0.6 is 0 Å². The summed E-state index contributed by atoms with van der Waals surface area (Å²) < 4.78 is 1.93. The molecule has 1 fully saturated rings. The Bertz CT molecular complexity index is 581. The third-order valence-corrected chi connectivity index (χ3v) is 4.00. The van der Waals surface area contributed by atoms with Crippen molar-refractivity contribution in [1.82, 2.24) is 24.7 Å². The van der Waals surface area contributed by atoms with E-state index in [2.05, 4.69) is 34.0 Å². The van der Waals surface area contributed by atoms with Gasteiger partial charge in [0, 0.05) is 12.5 Å². The Morgan fingerprint density at radius 1 is 1.20 bits per heavy atom. The molecule has 0 bridgehead atoms. The number of fused-ring (bicyclic) bond motifs is 1. The number of hydrogen-bond donors (Lipinski definition) is 0. The van der Waals surface area contributed by atoms with Gasteiger partial charge in [-0.3, -0.25) is 0 Å². The lowest BCUT2D eigenvalue weighted by Crippen LogP contribution is -2.36. The molecule has 0 aliphatic carbocycles. The third-order valence-electron chi connectivity index (χ3n) is 4.00. The molecule has 0 spiro atoms. The number of nitrogens with zero attached hydrogens (tertiary/aromatic N) is 5. The fraction of sp³-hybridized carbons (Fsp3) is 0.667. The van der Waals surface area contributed by atoms with Crippen molar-refractivity contribution in [2.24, 2.45) is 5.92 Å². The van der Waals surface area contributed by atoms with E-state index in [1.807, 2.05) is 23.6 Å². The molecular weight excluding hydrogens is 250 g/mol. The molecule has 0 N–H and O–H groups in total. The highest BCUT2D eigenvalue weighted by Crippen LogP contribution is 2.27. The van der Waals surface area contributed by atoms with Gasteiger partial charge in [0.25, 0.3) is 0 Å². The molecule has 5 nitrogen and oxygen atoms in total. The second-order valence-corrected chi connectivity index (χ2v) is 6.27. The molecule has 20 heavy (non-hydrogen) atoms. The highest BCUT2D eigenvalue weighted by Gasteiger charge is 2.25. The number of hydrogen-bond acceptors (Lipinski definition) is 4. The van der Waals surface area contributed by atoms with Gasteiger partial charge in [-0.1, -0.05) is 13.8 Å². The van der Waals surface area contributed by atoms with Gasteiger partial charge in [0.2, 0.25) is 0 Å². The smallest absolute Gasteiger partial charge is 0.177 e. The summed E-state index contributed by atoms with van der Waals surface area (Å²) in [7, 11) is 0. The quantitative estimate of drug-likeness (QED) is 0.860. The largest absolute Gasteiger partial charge is 0.303 e. The fourth-order valence-electron chi connectivity index (χ4n) is 3.04. The second-order valence-electron chi connectivity index (χ2n) is 6.27. The Hall–Kier alpha value is -1.49. The number of aromatic nitrogens is 4. The van der Waals surface area contributed by atoms with Crippen LogP contribution in [-0.2, 0) is 0 Å². The SMILES string of the molecule is Cc1ccc2nnc(C3CCN(CC(C)C)CC3)n2n1. The number of likely N-dealkylation sites (tertiary alicyclic amines) is 1. The summed E-state index contributed by atoms with van der Waals surface area (Å²) in [6.07, 6.45) is 2.31. The molecule has 3 rings (SSSR count). The van der Waals surface area contributed by atoms with Gasteiger partial charge in [-0.2, -0.15) is 9.61 Å². The van der Waals surface area contributed by atoms with E-state index < -0.39 is 0 Å². The monoisotopic (exact) mass is 273 g/mol. The van der Waals surface area contributed by atoms with E-state index in [1.54, 1.807) is 0 Å². The first-order chi connectivity index (χ1) is 9.63. The molecule has 0 atom stereocenters. The van der Waals surface area contributed by atoms with E-state index in [0.29, 0.717) is 5.92 Å². The molecule has 108 valence electrons. The van der Waals surface area contributed by atoms with Crippen LogP contribution in [0.5, 0.6) is 0 Å². The van der Waals surface area contributed by atoms with E-state index in [0.717, 1.165) is 49.0 Å². The van der Waals surface area contributed by atoms with Crippen LogP contribution in [0.4, 0.5) is 0 Å². The molecule has 0 saturated carbocycles. The van der Waals surface area contributed by atoms with Crippen LogP contribution in [0.15, 0.2) is 12.1 Å². The summed E-state index contributed by atoms with van der Waals surface area (Å²) in [5.74, 6) is 2.26. The van der Waals surface area contributed by atoms with Gasteiger partial charge in [0.05, 0.1) is 5.69 Å². The van der Waals surface area contributed by atoms with Crippen molar-refractivity contribution in [3.63, 3.8) is 0 Å². The molecule has 1 aliphatic heterocycles. The van der Waals surface area contributed by atoms with Crippen LogP contribution in [0, 0.1) is 12.8 Å². The van der Waals surface area contributed by atoms with Gasteiger partial charge in [0.15, 0.2) is 11.5 Å². The predicted octanol–water partition coefficient (Wildman–Crippen LogP) is 2.27. The molecule has 0 radical (unpaired) electrons. The van der Waals surface area contributed by atoms with E-state index in [1.165, 1.54) is 6.54 Å². The zero-order valence-electron chi connectivity index (χ0n) is 12.6. The molecule has 1 saturated heterocycles. The van der Waals surface area contributed by atoms with Gasteiger partial charge in [-0.25, -0.2) is 0 Å². The van der Waals surface area contributed by atoms with Gasteiger partial charge in [-0.05, 0) is 50.9 Å². The molecule has 0 aromatic carbocycles. The molecule has 1 aliphatic rings. The lowest BCUT2D eigenvalue weighted by Gasteiger charge is -2.32. The Kier molecular flexibility index (Phi) is 3.70. The minimum Gasteiger partial charge on any atom is -0.303 e. The van der Waals surface area contributed by atoms with Crippen LogP contribution in [0.25, 0.3) is 5.65 Å². The average molecular weight is 273 g/mol. The molecule has 2 aromatic rings. The van der Waals surface area contributed by atoms with Crippen LogP contribution in [0.1, 0.15) is 44.1 Å². The molecule has 0 amide bonds. The summed E-state index contributed by atoms with van der Waals surface area (Å²) in [5, 5.41) is 13.2. The van der Waals surface area contributed by atoms with Crippen molar-refractivity contribution in [2.45, 2.75) is 39.5 Å². The number of aryl methyl sites for hydroxylation is 1. The normalized spacial score (nSPS) is 18.2. The average Bonchev–Trinajstić information content (AvgIpc) is 2.82. The van der Waals surface area contributed by atoms with Crippen LogP contribution in [0.2, 0.25) is 0 Å². The second kappa shape index (κ2) is 5.48. The Labute approximate surface area is 120 Å². The summed E-state index contributed by atoms with van der Waals surface area (Å²) in [5.41, 5.74) is 1.87. The maximum Gasteiger partial charge on any atom is 0.177 e. The van der Waals surface area contributed by atoms with Gasteiger partial charge in [0.1, 0.15) is 0 Å². The number of piperidine rings is 1. The lowest BCUT2D eigenvalue weighted by atomic mass is 9.95. The summed E-state index contributed by atoms with van der Waals surface area (Å²) in [6.45, 7) is 10.1. The van der Waals surface area contributed by atoms with Crippen molar-refractivity contribution in [3.05, 3.63) is 23.7 Å². The van der Waals surface area contributed by atoms with E-state index in [-0.39, 0.29) is 0 Å². The van der Waals surface area contributed by atoms with Crippen molar-refractivity contribution in [1.29, 1.82) is 0 Å².